The standard InChI is InChI=1S/C21H15F2N5O/c1-12(15-9-16(22)17(23)10-19(15)28-6-2-5-26-28)29-20-8-14-7-13(11-24)3-4-18(14)27-21(20)25/h2-10,12H,1H3,(H2,25,27)/t12-/m0/s1. The number of nitrogens with two attached hydrogens (primary N) is 1. The number of nitriles is 1. The van der Waals surface area contributed by atoms with Crippen LogP contribution in [0.2, 0.25) is 0 Å². The van der Waals surface area contributed by atoms with Crippen LogP contribution in [0, 0.1) is 23.0 Å². The molecule has 144 valence electrons. The molecule has 0 unspecified atom stereocenters. The first kappa shape index (κ1) is 18.4. The SMILES string of the molecule is C[C@H](Oc1cc2cc(C#N)ccc2nc1N)c1cc(F)c(F)cc1-n1cccn1. The molecular weight excluding hydrogens is 376 g/mol. The second-order valence-corrected chi connectivity index (χ2v) is 6.43. The molecule has 8 heteroatoms. The second-order valence-electron chi connectivity index (χ2n) is 6.43. The van der Waals surface area contributed by atoms with E-state index in [9.17, 15) is 8.78 Å². The predicted octanol–water partition coefficient (Wildman–Crippen LogP) is 4.29. The number of ether oxygens (including phenoxy) is 1. The van der Waals surface area contributed by atoms with E-state index < -0.39 is 17.7 Å². The molecule has 29 heavy (non-hydrogen) atoms. The number of fused-ring (bicyclic) bond motifs is 1. The molecule has 0 saturated carbocycles. The molecule has 6 nitrogen and oxygen atoms in total. The van der Waals surface area contributed by atoms with E-state index in [-0.39, 0.29) is 11.6 Å². The van der Waals surface area contributed by atoms with Gasteiger partial charge >= 0.3 is 0 Å². The highest BCUT2D eigenvalue weighted by molar-refractivity contribution is 5.83. The number of aromatic nitrogens is 3. The van der Waals surface area contributed by atoms with Crippen molar-refractivity contribution in [2.45, 2.75) is 13.0 Å². The summed E-state index contributed by atoms with van der Waals surface area (Å²) in [6.07, 6.45) is 2.47. The van der Waals surface area contributed by atoms with Crippen molar-refractivity contribution >= 4 is 16.7 Å². The molecule has 0 fully saturated rings. The number of hydrogen-bond acceptors (Lipinski definition) is 5. The Morgan fingerprint density at radius 3 is 2.69 bits per heavy atom. The molecular formula is C21H15F2N5O. The van der Waals surface area contributed by atoms with Crippen LogP contribution in [-0.2, 0) is 0 Å². The quantitative estimate of drug-likeness (QED) is 0.560. The normalized spacial score (nSPS) is 11.9. The smallest absolute Gasteiger partial charge is 0.166 e. The Kier molecular flexibility index (Phi) is 4.56. The lowest BCUT2D eigenvalue weighted by Crippen LogP contribution is -2.11. The Labute approximate surface area is 164 Å². The Bertz CT molecular complexity index is 1250. The fourth-order valence-electron chi connectivity index (χ4n) is 3.08. The third-order valence-electron chi connectivity index (χ3n) is 4.50. The van der Waals surface area contributed by atoms with Gasteiger partial charge in [0.05, 0.1) is 22.8 Å². The van der Waals surface area contributed by atoms with Crippen LogP contribution in [0.15, 0.2) is 54.9 Å². The zero-order valence-electron chi connectivity index (χ0n) is 15.3. The summed E-state index contributed by atoms with van der Waals surface area (Å²) in [6.45, 7) is 1.69. The van der Waals surface area contributed by atoms with Crippen molar-refractivity contribution in [2.24, 2.45) is 0 Å². The van der Waals surface area contributed by atoms with Crippen LogP contribution >= 0.6 is 0 Å². The summed E-state index contributed by atoms with van der Waals surface area (Å²) >= 11 is 0. The van der Waals surface area contributed by atoms with Gasteiger partial charge in [0, 0.05) is 29.4 Å². The van der Waals surface area contributed by atoms with Crippen molar-refractivity contribution in [1.82, 2.24) is 14.8 Å². The number of nitrogens with zero attached hydrogens (tertiary/aromatic N) is 4. The van der Waals surface area contributed by atoms with Gasteiger partial charge in [-0.3, -0.25) is 0 Å². The van der Waals surface area contributed by atoms with Gasteiger partial charge in [-0.25, -0.2) is 18.4 Å². The fourth-order valence-corrected chi connectivity index (χ4v) is 3.08. The highest BCUT2D eigenvalue weighted by Crippen LogP contribution is 2.32. The molecule has 2 heterocycles. The zero-order chi connectivity index (χ0) is 20.5. The summed E-state index contributed by atoms with van der Waals surface area (Å²) in [5.74, 6) is -1.55. The summed E-state index contributed by atoms with van der Waals surface area (Å²) in [7, 11) is 0. The Hall–Kier alpha value is -3.99. The number of nitrogen functional groups attached to an aromatic ring is 1. The molecule has 2 N–H and O–H groups in total. The topological polar surface area (TPSA) is 89.7 Å². The minimum Gasteiger partial charge on any atom is -0.482 e. The third kappa shape index (κ3) is 3.46. The zero-order valence-corrected chi connectivity index (χ0v) is 15.3. The largest absolute Gasteiger partial charge is 0.482 e. The molecule has 4 rings (SSSR count). The summed E-state index contributed by atoms with van der Waals surface area (Å²) in [4.78, 5) is 4.29. The van der Waals surface area contributed by atoms with Gasteiger partial charge in [-0.15, -0.1) is 0 Å². The van der Waals surface area contributed by atoms with Gasteiger partial charge < -0.3 is 10.5 Å². The molecule has 0 aliphatic carbocycles. The van der Waals surface area contributed by atoms with Crippen LogP contribution < -0.4 is 10.5 Å². The van der Waals surface area contributed by atoms with E-state index in [0.717, 1.165) is 12.1 Å². The highest BCUT2D eigenvalue weighted by atomic mass is 19.2. The van der Waals surface area contributed by atoms with E-state index in [1.54, 1.807) is 43.5 Å². The predicted molar refractivity (Wildman–Crippen MR) is 103 cm³/mol. The summed E-state index contributed by atoms with van der Waals surface area (Å²) in [6, 6.07) is 12.6. The number of halogens is 2. The number of anilines is 1. The lowest BCUT2D eigenvalue weighted by molar-refractivity contribution is 0.226. The van der Waals surface area contributed by atoms with Gasteiger partial charge in [0.25, 0.3) is 0 Å². The lowest BCUT2D eigenvalue weighted by atomic mass is 10.1. The molecule has 4 aromatic rings. The molecule has 0 bridgehead atoms. The Morgan fingerprint density at radius 1 is 1.17 bits per heavy atom. The minimum absolute atomic E-state index is 0.150. The molecule has 0 spiro atoms. The van der Waals surface area contributed by atoms with Gasteiger partial charge in [0.1, 0.15) is 6.10 Å². The van der Waals surface area contributed by atoms with Crippen LogP contribution in [0.3, 0.4) is 0 Å². The number of benzene rings is 2. The third-order valence-corrected chi connectivity index (χ3v) is 4.50. The molecule has 0 aliphatic rings. The number of pyridine rings is 1. The van der Waals surface area contributed by atoms with Crippen molar-refractivity contribution in [3.8, 4) is 17.5 Å². The molecule has 1 atom stereocenters. The van der Waals surface area contributed by atoms with E-state index in [4.69, 9.17) is 15.7 Å². The van der Waals surface area contributed by atoms with Crippen molar-refractivity contribution in [3.05, 3.63) is 77.6 Å². The molecule has 0 radical (unpaired) electrons. The summed E-state index contributed by atoms with van der Waals surface area (Å²) in [5.41, 5.74) is 7.85. The molecule has 0 aliphatic heterocycles. The molecule has 0 amide bonds. The fraction of sp³-hybridized carbons (Fsp3) is 0.0952. The Balaban J connectivity index is 1.75. The number of hydrogen-bond donors (Lipinski definition) is 1. The van der Waals surface area contributed by atoms with Crippen molar-refractivity contribution < 1.29 is 13.5 Å². The summed E-state index contributed by atoms with van der Waals surface area (Å²) in [5, 5.41) is 13.9. The first-order valence-electron chi connectivity index (χ1n) is 8.72. The van der Waals surface area contributed by atoms with Gasteiger partial charge in [0.15, 0.2) is 23.2 Å². The average Bonchev–Trinajstić information content (AvgIpc) is 3.24. The lowest BCUT2D eigenvalue weighted by Gasteiger charge is -2.20. The first-order chi connectivity index (χ1) is 14.0. The van der Waals surface area contributed by atoms with Gasteiger partial charge in [-0.1, -0.05) is 0 Å². The maximum Gasteiger partial charge on any atom is 0.166 e. The van der Waals surface area contributed by atoms with E-state index >= 15 is 0 Å². The van der Waals surface area contributed by atoms with E-state index in [0.29, 0.717) is 27.7 Å². The van der Waals surface area contributed by atoms with E-state index in [1.807, 2.05) is 0 Å². The maximum absolute atomic E-state index is 13.9. The van der Waals surface area contributed by atoms with Gasteiger partial charge in [-0.05, 0) is 43.3 Å². The van der Waals surface area contributed by atoms with Crippen LogP contribution in [0.5, 0.6) is 5.75 Å². The van der Waals surface area contributed by atoms with Crippen LogP contribution in [-0.4, -0.2) is 14.8 Å². The van der Waals surface area contributed by atoms with Crippen molar-refractivity contribution in [1.29, 1.82) is 5.26 Å². The summed E-state index contributed by atoms with van der Waals surface area (Å²) < 4.78 is 35.2. The maximum atomic E-state index is 13.9. The Morgan fingerprint density at radius 2 is 1.97 bits per heavy atom. The minimum atomic E-state index is -0.991. The number of rotatable bonds is 4. The van der Waals surface area contributed by atoms with Crippen molar-refractivity contribution in [2.75, 3.05) is 5.73 Å². The van der Waals surface area contributed by atoms with Gasteiger partial charge in [-0.2, -0.15) is 10.4 Å². The highest BCUT2D eigenvalue weighted by Gasteiger charge is 2.19. The average molecular weight is 391 g/mol. The molecule has 2 aromatic heterocycles. The first-order valence-corrected chi connectivity index (χ1v) is 8.72. The van der Waals surface area contributed by atoms with Crippen LogP contribution in [0.1, 0.15) is 24.2 Å². The van der Waals surface area contributed by atoms with Gasteiger partial charge in [0.2, 0.25) is 0 Å². The van der Waals surface area contributed by atoms with E-state index in [1.165, 1.54) is 10.9 Å². The van der Waals surface area contributed by atoms with Crippen LogP contribution in [0.4, 0.5) is 14.6 Å². The monoisotopic (exact) mass is 391 g/mol. The van der Waals surface area contributed by atoms with Crippen LogP contribution in [0.25, 0.3) is 16.6 Å². The second kappa shape index (κ2) is 7.20. The molecule has 0 saturated heterocycles. The van der Waals surface area contributed by atoms with Crippen molar-refractivity contribution in [3.63, 3.8) is 0 Å². The van der Waals surface area contributed by atoms with E-state index in [2.05, 4.69) is 16.2 Å². The molecule has 2 aromatic carbocycles.